The fourth-order valence-electron chi connectivity index (χ4n) is 7.14. The average molecular weight is 581 g/mol. The van der Waals surface area contributed by atoms with Crippen LogP contribution in [-0.2, 0) is 19.2 Å². The van der Waals surface area contributed by atoms with Crippen LogP contribution in [0, 0.1) is 29.1 Å². The highest BCUT2D eigenvalue weighted by Crippen LogP contribution is 2.64. The number of methoxy groups -OCH3 is 1. The normalized spacial score (nSPS) is 32.2. The molecule has 3 fully saturated rings. The number of hydrogen-bond acceptors (Lipinski definition) is 7. The van der Waals surface area contributed by atoms with Crippen LogP contribution in [0.5, 0.6) is 11.5 Å². The van der Waals surface area contributed by atoms with Crippen LogP contribution in [0.1, 0.15) is 31.2 Å². The summed E-state index contributed by atoms with van der Waals surface area (Å²) in [5, 5.41) is 21.6. The van der Waals surface area contributed by atoms with Gasteiger partial charge in [-0.25, -0.2) is 4.90 Å². The van der Waals surface area contributed by atoms with E-state index in [1.54, 1.807) is 49.4 Å². The number of nitrogens with zero attached hydrogens (tertiary/aromatic N) is 2. The van der Waals surface area contributed by atoms with Gasteiger partial charge in [0.05, 0.1) is 36.0 Å². The molecule has 1 saturated carbocycles. The van der Waals surface area contributed by atoms with Crippen molar-refractivity contribution < 1.29 is 34.2 Å². The zero-order chi connectivity index (χ0) is 27.1. The van der Waals surface area contributed by atoms with Crippen molar-refractivity contribution in [3.05, 3.63) is 64.1 Å². The van der Waals surface area contributed by atoms with Crippen molar-refractivity contribution in [3.8, 4) is 11.5 Å². The van der Waals surface area contributed by atoms with Gasteiger partial charge in [0.2, 0.25) is 11.8 Å². The fraction of sp³-hybridized carbons (Fsp3) is 0.357. The van der Waals surface area contributed by atoms with Gasteiger partial charge in [-0.15, -0.1) is 0 Å². The number of hydroxylamine groups is 2. The lowest BCUT2D eigenvalue weighted by Gasteiger charge is -2.49. The summed E-state index contributed by atoms with van der Waals surface area (Å²) in [5.74, 6) is -5.94. The molecule has 38 heavy (non-hydrogen) atoms. The molecule has 0 unspecified atom stereocenters. The largest absolute Gasteiger partial charge is 0.504 e. The minimum atomic E-state index is -1.30. The zero-order valence-corrected chi connectivity index (χ0v) is 22.2. The molecule has 2 aromatic carbocycles. The number of benzene rings is 2. The first kappa shape index (κ1) is 24.8. The molecular formula is C28H25BrN2O7. The van der Waals surface area contributed by atoms with Gasteiger partial charge < -0.3 is 9.84 Å². The van der Waals surface area contributed by atoms with Gasteiger partial charge in [0.25, 0.3) is 11.8 Å². The molecule has 6 rings (SSSR count). The topological polar surface area (TPSA) is 124 Å². The van der Waals surface area contributed by atoms with Crippen LogP contribution in [0.2, 0.25) is 0 Å². The van der Waals surface area contributed by atoms with E-state index in [1.165, 1.54) is 12.0 Å². The highest BCUT2D eigenvalue weighted by Gasteiger charge is 2.68. The van der Waals surface area contributed by atoms with E-state index in [2.05, 4.69) is 15.9 Å². The van der Waals surface area contributed by atoms with E-state index < -0.39 is 58.6 Å². The van der Waals surface area contributed by atoms with E-state index in [9.17, 15) is 29.5 Å². The summed E-state index contributed by atoms with van der Waals surface area (Å²) in [6.07, 6.45) is 2.20. The average Bonchev–Trinajstić information content (AvgIpc) is 3.25. The number of phenols is 1. The number of carbonyl (C=O) groups is 4. The van der Waals surface area contributed by atoms with Crippen LogP contribution in [0.4, 0.5) is 5.69 Å². The van der Waals surface area contributed by atoms with Crippen LogP contribution >= 0.6 is 15.9 Å². The van der Waals surface area contributed by atoms with Crippen molar-refractivity contribution in [2.75, 3.05) is 12.0 Å². The maximum atomic E-state index is 14.3. The van der Waals surface area contributed by atoms with E-state index in [-0.39, 0.29) is 29.4 Å². The summed E-state index contributed by atoms with van der Waals surface area (Å²) in [4.78, 5) is 55.1. The number of carbonyl (C=O) groups excluding carboxylic acids is 4. The summed E-state index contributed by atoms with van der Waals surface area (Å²) in [5.41, 5.74) is 0.229. The maximum absolute atomic E-state index is 14.3. The minimum Gasteiger partial charge on any atom is -0.504 e. The number of allylic oxidation sites excluding steroid dienone is 2. The Labute approximate surface area is 226 Å². The van der Waals surface area contributed by atoms with Crippen LogP contribution in [0.15, 0.2) is 58.6 Å². The van der Waals surface area contributed by atoms with E-state index in [4.69, 9.17) is 4.74 Å². The number of fused-ring (bicyclic) bond motifs is 4. The number of rotatable bonds is 3. The molecule has 196 valence electrons. The third-order valence-electron chi connectivity index (χ3n) is 8.87. The first-order valence-electron chi connectivity index (χ1n) is 12.4. The number of ether oxygens (including phenoxy) is 1. The molecule has 0 radical (unpaired) electrons. The highest BCUT2D eigenvalue weighted by molar-refractivity contribution is 9.10. The SMILES string of the molecule is COc1cc(Br)cc([C@H]2C3=CC[C@@H]4C(=O)N(O)C(=O)[C@@H]4[C@@H]3C[C@H]3C(=O)N(c4ccccc4)C(=O)[C@@]23C)c1O. The van der Waals surface area contributed by atoms with Gasteiger partial charge in [-0.3, -0.25) is 24.4 Å². The van der Waals surface area contributed by atoms with Gasteiger partial charge >= 0.3 is 0 Å². The molecule has 0 aromatic heterocycles. The Bertz CT molecular complexity index is 1440. The second-order valence-electron chi connectivity index (χ2n) is 10.5. The second-order valence-corrected chi connectivity index (χ2v) is 11.4. The van der Waals surface area contributed by atoms with Crippen LogP contribution in [0.3, 0.4) is 0 Å². The number of amides is 4. The summed E-state index contributed by atoms with van der Waals surface area (Å²) in [7, 11) is 1.42. The molecule has 4 amide bonds. The van der Waals surface area contributed by atoms with Gasteiger partial charge in [-0.05, 0) is 49.9 Å². The molecule has 6 atom stereocenters. The first-order valence-corrected chi connectivity index (χ1v) is 13.2. The van der Waals surface area contributed by atoms with Crippen molar-refractivity contribution in [2.24, 2.45) is 29.1 Å². The third kappa shape index (κ3) is 3.13. The van der Waals surface area contributed by atoms with Crippen molar-refractivity contribution in [3.63, 3.8) is 0 Å². The predicted octanol–water partition coefficient (Wildman–Crippen LogP) is 3.78. The number of hydrogen-bond donors (Lipinski definition) is 2. The van der Waals surface area contributed by atoms with E-state index in [0.717, 1.165) is 0 Å². The van der Waals surface area contributed by atoms with Gasteiger partial charge in [0.15, 0.2) is 11.5 Å². The lowest BCUT2D eigenvalue weighted by atomic mass is 9.51. The van der Waals surface area contributed by atoms with Gasteiger partial charge in [0, 0.05) is 16.0 Å². The number of anilines is 1. The summed E-state index contributed by atoms with van der Waals surface area (Å²) >= 11 is 3.47. The quantitative estimate of drug-likeness (QED) is 0.321. The lowest BCUT2D eigenvalue weighted by molar-refractivity contribution is -0.173. The molecule has 2 aliphatic heterocycles. The Morgan fingerprint density at radius 1 is 1.03 bits per heavy atom. The van der Waals surface area contributed by atoms with Crippen molar-refractivity contribution in [2.45, 2.75) is 25.7 Å². The summed E-state index contributed by atoms with van der Waals surface area (Å²) in [6, 6.07) is 12.0. The number of para-hydroxylation sites is 1. The smallest absolute Gasteiger partial charge is 0.257 e. The van der Waals surface area contributed by atoms with Crippen LogP contribution in [0.25, 0.3) is 0 Å². The zero-order valence-electron chi connectivity index (χ0n) is 20.6. The minimum absolute atomic E-state index is 0.159. The van der Waals surface area contributed by atoms with E-state index >= 15 is 0 Å². The Hall–Kier alpha value is -3.50. The number of aromatic hydroxyl groups is 1. The van der Waals surface area contributed by atoms with Crippen LogP contribution in [-0.4, -0.2) is 46.1 Å². The summed E-state index contributed by atoms with van der Waals surface area (Å²) in [6.45, 7) is 1.74. The molecule has 10 heteroatoms. The Morgan fingerprint density at radius 2 is 1.74 bits per heavy atom. The van der Waals surface area contributed by atoms with Crippen molar-refractivity contribution >= 4 is 45.2 Å². The van der Waals surface area contributed by atoms with Crippen molar-refractivity contribution in [1.29, 1.82) is 0 Å². The highest BCUT2D eigenvalue weighted by atomic mass is 79.9. The summed E-state index contributed by atoms with van der Waals surface area (Å²) < 4.78 is 5.99. The van der Waals surface area contributed by atoms with Gasteiger partial charge in [-0.1, -0.05) is 45.8 Å². The van der Waals surface area contributed by atoms with Crippen molar-refractivity contribution in [1.82, 2.24) is 5.06 Å². The molecule has 2 aromatic rings. The third-order valence-corrected chi connectivity index (χ3v) is 9.32. The molecule has 2 aliphatic carbocycles. The standard InChI is InChI=1S/C28H25BrN2O7/c1-28-19(25(34)30(27(28)36)14-6-4-3-5-7-14)12-17-15(8-9-16-21(17)26(35)31(37)24(16)33)22(28)18-10-13(29)11-20(38-2)23(18)32/h3-8,10-11,16-17,19,21-22,32,37H,9,12H2,1-2H3/t16-,17+,19-,21-,22+,28+/m0/s1. The lowest BCUT2D eigenvalue weighted by Crippen LogP contribution is -2.48. The second kappa shape index (κ2) is 8.51. The Balaban J connectivity index is 1.59. The Kier molecular flexibility index (Phi) is 5.55. The molecule has 2 heterocycles. The molecular weight excluding hydrogens is 556 g/mol. The monoisotopic (exact) mass is 580 g/mol. The first-order chi connectivity index (χ1) is 18.1. The van der Waals surface area contributed by atoms with Crippen LogP contribution < -0.4 is 9.64 Å². The number of phenolic OH excluding ortho intramolecular Hbond substituents is 1. The van der Waals surface area contributed by atoms with E-state index in [0.29, 0.717) is 21.3 Å². The Morgan fingerprint density at radius 3 is 2.42 bits per heavy atom. The molecule has 9 nitrogen and oxygen atoms in total. The van der Waals surface area contributed by atoms with Gasteiger partial charge in [-0.2, -0.15) is 5.06 Å². The molecule has 0 bridgehead atoms. The van der Waals surface area contributed by atoms with Gasteiger partial charge in [0.1, 0.15) is 0 Å². The molecule has 2 saturated heterocycles. The predicted molar refractivity (Wildman–Crippen MR) is 137 cm³/mol. The molecule has 2 N–H and O–H groups in total. The maximum Gasteiger partial charge on any atom is 0.257 e. The molecule has 0 spiro atoms. The number of imide groups is 2. The number of halogens is 1. The fourth-order valence-corrected chi connectivity index (χ4v) is 7.59. The molecule has 4 aliphatic rings. The van der Waals surface area contributed by atoms with E-state index in [1.807, 2.05) is 6.08 Å².